The molecule has 0 spiro atoms. The number of para-hydroxylation sites is 1. The van der Waals surface area contributed by atoms with Crippen molar-refractivity contribution >= 4 is 35.1 Å². The molecule has 138 valence electrons. The van der Waals surface area contributed by atoms with E-state index in [1.165, 1.54) is 0 Å². The minimum atomic E-state index is 0.467. The highest BCUT2D eigenvalue weighted by Crippen LogP contribution is 2.25. The molecule has 0 saturated carbocycles. The van der Waals surface area contributed by atoms with Crippen LogP contribution in [-0.4, -0.2) is 21.0 Å². The van der Waals surface area contributed by atoms with Gasteiger partial charge in [-0.2, -0.15) is 10.2 Å². The fraction of sp³-hybridized carbons (Fsp3) is 0. The molecule has 28 heavy (non-hydrogen) atoms. The topological polar surface area (TPSA) is 55.1 Å². The monoisotopic (exact) mass is 407 g/mol. The Morgan fingerprint density at radius 1 is 0.964 bits per heavy atom. The highest BCUT2D eigenvalue weighted by atomic mass is 35.5. The highest BCUT2D eigenvalue weighted by molar-refractivity contribution is 6.42. The summed E-state index contributed by atoms with van der Waals surface area (Å²) < 4.78 is 1.82. The number of rotatable bonds is 5. The number of anilines is 1. The molecule has 0 amide bonds. The largest absolute Gasteiger partial charge is 0.278 e. The van der Waals surface area contributed by atoms with Crippen molar-refractivity contribution in [3.8, 4) is 16.9 Å². The van der Waals surface area contributed by atoms with Crippen LogP contribution < -0.4 is 5.43 Å². The normalized spacial score (nSPS) is 11.1. The molecule has 2 aromatic heterocycles. The van der Waals surface area contributed by atoms with Gasteiger partial charge in [-0.1, -0.05) is 41.4 Å². The number of hydrogen-bond acceptors (Lipinski definition) is 4. The molecule has 7 heteroatoms. The second kappa shape index (κ2) is 8.25. The summed E-state index contributed by atoms with van der Waals surface area (Å²) in [4.78, 5) is 4.19. The lowest BCUT2D eigenvalue weighted by Gasteiger charge is -2.02. The fourth-order valence-electron chi connectivity index (χ4n) is 2.66. The van der Waals surface area contributed by atoms with Crippen LogP contribution in [0.2, 0.25) is 10.0 Å². The Labute approximate surface area is 172 Å². The van der Waals surface area contributed by atoms with Gasteiger partial charge in [0.2, 0.25) is 0 Å². The number of benzene rings is 2. The number of hydrogen-bond donors (Lipinski definition) is 1. The van der Waals surface area contributed by atoms with E-state index in [2.05, 4.69) is 15.5 Å². The molecule has 4 rings (SSSR count). The van der Waals surface area contributed by atoms with Crippen LogP contribution in [0.3, 0.4) is 0 Å². The van der Waals surface area contributed by atoms with E-state index < -0.39 is 0 Å². The van der Waals surface area contributed by atoms with Crippen molar-refractivity contribution < 1.29 is 0 Å². The van der Waals surface area contributed by atoms with Gasteiger partial charge in [-0.15, -0.1) is 0 Å². The molecule has 0 aliphatic rings. The maximum atomic E-state index is 6.04. The fourth-order valence-corrected chi connectivity index (χ4v) is 2.96. The van der Waals surface area contributed by atoms with Gasteiger partial charge in [0, 0.05) is 29.7 Å². The van der Waals surface area contributed by atoms with Crippen LogP contribution in [0.25, 0.3) is 16.9 Å². The van der Waals surface area contributed by atoms with Crippen molar-refractivity contribution in [1.82, 2.24) is 14.8 Å². The minimum Gasteiger partial charge on any atom is -0.278 e. The first-order valence-electron chi connectivity index (χ1n) is 8.50. The lowest BCUT2D eigenvalue weighted by atomic mass is 10.1. The maximum absolute atomic E-state index is 6.04. The first-order valence-corrected chi connectivity index (χ1v) is 9.26. The summed E-state index contributed by atoms with van der Waals surface area (Å²) in [5.74, 6) is 0. The Morgan fingerprint density at radius 3 is 2.57 bits per heavy atom. The molecule has 4 aromatic rings. The summed E-state index contributed by atoms with van der Waals surface area (Å²) in [6.07, 6.45) is 7.16. The van der Waals surface area contributed by atoms with Crippen molar-refractivity contribution in [3.63, 3.8) is 0 Å². The zero-order chi connectivity index (χ0) is 19.3. The molecule has 5 nitrogen and oxygen atoms in total. The molecule has 0 aliphatic heterocycles. The Balaban J connectivity index is 1.66. The number of aromatic nitrogens is 3. The van der Waals surface area contributed by atoms with Crippen LogP contribution in [0.4, 0.5) is 5.69 Å². The van der Waals surface area contributed by atoms with Crippen molar-refractivity contribution in [2.75, 3.05) is 5.43 Å². The third-order valence-corrected chi connectivity index (χ3v) is 4.75. The quantitative estimate of drug-likeness (QED) is 0.341. The molecule has 0 saturated heterocycles. The van der Waals surface area contributed by atoms with Crippen molar-refractivity contribution in [2.45, 2.75) is 0 Å². The predicted octanol–water partition coefficient (Wildman–Crippen LogP) is 5.69. The number of pyridine rings is 1. The number of halogens is 2. The van der Waals surface area contributed by atoms with Crippen molar-refractivity contribution in [2.24, 2.45) is 5.10 Å². The van der Waals surface area contributed by atoms with Gasteiger partial charge in [0.15, 0.2) is 0 Å². The van der Waals surface area contributed by atoms with E-state index in [4.69, 9.17) is 28.3 Å². The highest BCUT2D eigenvalue weighted by Gasteiger charge is 2.11. The SMILES string of the molecule is Clc1ccc(N/N=C/c2cn(-c3ccccc3)nc2-c2cccnc2)cc1Cl. The maximum Gasteiger partial charge on any atom is 0.103 e. The zero-order valence-electron chi connectivity index (χ0n) is 14.6. The molecule has 0 bridgehead atoms. The van der Waals surface area contributed by atoms with Crippen molar-refractivity contribution in [3.05, 3.63) is 94.9 Å². The molecule has 2 heterocycles. The van der Waals surface area contributed by atoms with Gasteiger partial charge in [-0.25, -0.2) is 4.68 Å². The molecule has 0 radical (unpaired) electrons. The van der Waals surface area contributed by atoms with E-state index in [-0.39, 0.29) is 0 Å². The molecule has 0 fully saturated rings. The Morgan fingerprint density at radius 2 is 1.82 bits per heavy atom. The van der Waals surface area contributed by atoms with Crippen LogP contribution in [0, 0.1) is 0 Å². The zero-order valence-corrected chi connectivity index (χ0v) is 16.1. The second-order valence-electron chi connectivity index (χ2n) is 5.95. The number of nitrogens with zero attached hydrogens (tertiary/aromatic N) is 4. The van der Waals surface area contributed by atoms with Crippen LogP contribution >= 0.6 is 23.2 Å². The predicted molar refractivity (Wildman–Crippen MR) is 114 cm³/mol. The molecular formula is C21H15Cl2N5. The van der Waals surface area contributed by atoms with Gasteiger partial charge >= 0.3 is 0 Å². The summed E-state index contributed by atoms with van der Waals surface area (Å²) in [7, 11) is 0. The number of hydrazone groups is 1. The summed E-state index contributed by atoms with van der Waals surface area (Å²) >= 11 is 12.0. The van der Waals surface area contributed by atoms with E-state index in [1.54, 1.807) is 36.8 Å². The number of nitrogens with one attached hydrogen (secondary N) is 1. The van der Waals surface area contributed by atoms with E-state index >= 15 is 0 Å². The second-order valence-corrected chi connectivity index (χ2v) is 6.77. The van der Waals surface area contributed by atoms with Crippen LogP contribution in [0.5, 0.6) is 0 Å². The van der Waals surface area contributed by atoms with Crippen LogP contribution in [0.15, 0.2) is 84.4 Å². The standard InChI is InChI=1S/C21H15Cl2N5/c22-19-9-8-17(11-20(19)23)26-25-13-16-14-28(18-6-2-1-3-7-18)27-21(16)15-5-4-10-24-12-15/h1-14,26H/b25-13+. The smallest absolute Gasteiger partial charge is 0.103 e. The van der Waals surface area contributed by atoms with E-state index in [9.17, 15) is 0 Å². The lowest BCUT2D eigenvalue weighted by Crippen LogP contribution is -1.94. The lowest BCUT2D eigenvalue weighted by molar-refractivity contribution is 0.884. The van der Waals surface area contributed by atoms with Crippen LogP contribution in [-0.2, 0) is 0 Å². The summed E-state index contributed by atoms with van der Waals surface area (Å²) in [5.41, 5.74) is 7.22. The van der Waals surface area contributed by atoms with E-state index in [0.717, 1.165) is 28.2 Å². The van der Waals surface area contributed by atoms with Crippen LogP contribution in [0.1, 0.15) is 5.56 Å². The van der Waals surface area contributed by atoms with Gasteiger partial charge in [0.05, 0.1) is 27.6 Å². The minimum absolute atomic E-state index is 0.467. The van der Waals surface area contributed by atoms with Gasteiger partial charge in [-0.3, -0.25) is 10.4 Å². The summed E-state index contributed by atoms with van der Waals surface area (Å²) in [6.45, 7) is 0. The Bertz CT molecular complexity index is 1110. The van der Waals surface area contributed by atoms with Gasteiger partial charge in [-0.05, 0) is 42.5 Å². The van der Waals surface area contributed by atoms with Crippen molar-refractivity contribution in [1.29, 1.82) is 0 Å². The summed E-state index contributed by atoms with van der Waals surface area (Å²) in [5, 5.41) is 10.0. The summed E-state index contributed by atoms with van der Waals surface area (Å²) in [6, 6.07) is 19.0. The third kappa shape index (κ3) is 4.06. The molecule has 2 aromatic carbocycles. The third-order valence-electron chi connectivity index (χ3n) is 4.02. The first-order chi connectivity index (χ1) is 13.7. The average molecular weight is 408 g/mol. The molecule has 0 unspecified atom stereocenters. The first kappa shape index (κ1) is 18.2. The Kier molecular flexibility index (Phi) is 5.37. The van der Waals surface area contributed by atoms with Gasteiger partial charge in [0.1, 0.15) is 5.69 Å². The van der Waals surface area contributed by atoms with E-state index in [0.29, 0.717) is 10.0 Å². The molecule has 1 N–H and O–H groups in total. The van der Waals surface area contributed by atoms with E-state index in [1.807, 2.05) is 53.3 Å². The molecule has 0 aliphatic carbocycles. The van der Waals surface area contributed by atoms with Gasteiger partial charge in [0.25, 0.3) is 0 Å². The average Bonchev–Trinajstić information content (AvgIpc) is 3.16. The van der Waals surface area contributed by atoms with Gasteiger partial charge < -0.3 is 0 Å². The Hall–Kier alpha value is -3.15. The molecular weight excluding hydrogens is 393 g/mol. The molecule has 0 atom stereocenters.